The van der Waals surface area contributed by atoms with E-state index in [9.17, 15) is 9.59 Å². The first-order valence-corrected chi connectivity index (χ1v) is 13.7. The Morgan fingerprint density at radius 2 is 1.51 bits per heavy atom. The summed E-state index contributed by atoms with van der Waals surface area (Å²) in [6.45, 7) is 2.08. The summed E-state index contributed by atoms with van der Waals surface area (Å²) < 4.78 is 18.3. The second-order valence-corrected chi connectivity index (χ2v) is 9.90. The highest BCUT2D eigenvalue weighted by atomic mass is 16.5. The van der Waals surface area contributed by atoms with Crippen molar-refractivity contribution in [1.82, 2.24) is 20.3 Å². The van der Waals surface area contributed by atoms with E-state index in [-0.39, 0.29) is 19.0 Å². The van der Waals surface area contributed by atoms with E-state index in [1.54, 1.807) is 12.1 Å². The normalized spacial score (nSPS) is 11.5. The number of rotatable bonds is 11. The first-order valence-electron chi connectivity index (χ1n) is 13.7. The molecule has 2 amide bonds. The molecule has 0 spiro atoms. The Bertz CT molecular complexity index is 1690. The number of anilines is 1. The Morgan fingerprint density at radius 1 is 0.860 bits per heavy atom. The number of benzene rings is 4. The summed E-state index contributed by atoms with van der Waals surface area (Å²) in [7, 11) is 4.52. The molecule has 4 aromatic carbocycles. The second-order valence-electron chi connectivity index (χ2n) is 9.90. The van der Waals surface area contributed by atoms with E-state index in [2.05, 4.69) is 15.6 Å². The van der Waals surface area contributed by atoms with E-state index in [0.29, 0.717) is 39.5 Å². The van der Waals surface area contributed by atoms with Crippen LogP contribution in [0, 0.1) is 6.92 Å². The number of aryl methyl sites for hydroxylation is 1. The van der Waals surface area contributed by atoms with E-state index in [1.807, 2.05) is 85.8 Å². The molecule has 0 radical (unpaired) electrons. The van der Waals surface area contributed by atoms with Gasteiger partial charge in [0.15, 0.2) is 11.5 Å². The third-order valence-electron chi connectivity index (χ3n) is 7.11. The molecular weight excluding hydrogens is 546 g/mol. The SMILES string of the molecule is COc1cc([C@H](C(=O)NCc2ccccc2)N(C(=O)Cn2nnc3ccccc32)c2ccc(C)cc2)cc(OC)c1OC. The Morgan fingerprint density at radius 3 is 2.16 bits per heavy atom. The van der Waals surface area contributed by atoms with E-state index in [1.165, 1.54) is 30.9 Å². The predicted molar refractivity (Wildman–Crippen MR) is 163 cm³/mol. The van der Waals surface area contributed by atoms with E-state index in [4.69, 9.17) is 14.2 Å². The van der Waals surface area contributed by atoms with Crippen molar-refractivity contribution in [2.45, 2.75) is 26.1 Å². The van der Waals surface area contributed by atoms with Crippen molar-refractivity contribution in [1.29, 1.82) is 0 Å². The minimum atomic E-state index is -1.11. The number of amides is 2. The van der Waals surface area contributed by atoms with Crippen LogP contribution in [0.25, 0.3) is 11.0 Å². The van der Waals surface area contributed by atoms with Crippen LogP contribution < -0.4 is 24.4 Å². The third-order valence-corrected chi connectivity index (χ3v) is 7.11. The van der Waals surface area contributed by atoms with Gasteiger partial charge in [0.1, 0.15) is 18.1 Å². The number of hydrogen-bond donors (Lipinski definition) is 1. The molecule has 220 valence electrons. The van der Waals surface area contributed by atoms with Gasteiger partial charge in [-0.25, -0.2) is 4.68 Å². The van der Waals surface area contributed by atoms with Gasteiger partial charge in [-0.2, -0.15) is 0 Å². The van der Waals surface area contributed by atoms with Crippen LogP contribution in [0.4, 0.5) is 5.69 Å². The van der Waals surface area contributed by atoms with Crippen LogP contribution in [0.3, 0.4) is 0 Å². The highest BCUT2D eigenvalue weighted by Crippen LogP contribution is 2.41. The molecule has 43 heavy (non-hydrogen) atoms. The maximum atomic E-state index is 14.3. The first kappa shape index (κ1) is 29.1. The van der Waals surface area contributed by atoms with Crippen molar-refractivity contribution in [3.05, 3.63) is 108 Å². The molecule has 5 rings (SSSR count). The highest BCUT2D eigenvalue weighted by Gasteiger charge is 2.35. The molecule has 1 N–H and O–H groups in total. The molecule has 0 saturated carbocycles. The lowest BCUT2D eigenvalue weighted by Crippen LogP contribution is -2.45. The summed E-state index contributed by atoms with van der Waals surface area (Å²) in [5, 5.41) is 11.4. The monoisotopic (exact) mass is 579 g/mol. The lowest BCUT2D eigenvalue weighted by atomic mass is 10.0. The van der Waals surface area contributed by atoms with Crippen LogP contribution in [0.5, 0.6) is 17.2 Å². The van der Waals surface area contributed by atoms with Crippen LogP contribution >= 0.6 is 0 Å². The molecule has 0 bridgehead atoms. The quantitative estimate of drug-likeness (QED) is 0.238. The Labute approximate surface area is 249 Å². The van der Waals surface area contributed by atoms with Gasteiger partial charge in [0.2, 0.25) is 17.6 Å². The average Bonchev–Trinajstić information content (AvgIpc) is 3.45. The molecule has 1 aromatic heterocycles. The maximum absolute atomic E-state index is 14.3. The highest BCUT2D eigenvalue weighted by molar-refractivity contribution is 6.01. The van der Waals surface area contributed by atoms with Crippen molar-refractivity contribution in [2.24, 2.45) is 0 Å². The number of nitrogens with zero attached hydrogens (tertiary/aromatic N) is 4. The van der Waals surface area contributed by atoms with Gasteiger partial charge in [0.25, 0.3) is 0 Å². The topological polar surface area (TPSA) is 108 Å². The number of fused-ring (bicyclic) bond motifs is 1. The smallest absolute Gasteiger partial charge is 0.249 e. The predicted octanol–water partition coefficient (Wildman–Crippen LogP) is 4.86. The molecule has 5 aromatic rings. The number of ether oxygens (including phenoxy) is 3. The van der Waals surface area contributed by atoms with Gasteiger partial charge in [-0.05, 0) is 54.4 Å². The maximum Gasteiger partial charge on any atom is 0.249 e. The Balaban J connectivity index is 1.63. The number of carbonyl (C=O) groups excluding carboxylic acids is 2. The number of carbonyl (C=O) groups is 2. The molecular formula is C33H33N5O5. The van der Waals surface area contributed by atoms with Gasteiger partial charge in [-0.1, -0.05) is 65.4 Å². The first-order chi connectivity index (χ1) is 20.9. The molecule has 0 aliphatic carbocycles. The third kappa shape index (κ3) is 6.28. The Kier molecular flexibility index (Phi) is 8.85. The molecule has 0 aliphatic rings. The fourth-order valence-corrected chi connectivity index (χ4v) is 4.94. The van der Waals surface area contributed by atoms with Gasteiger partial charge >= 0.3 is 0 Å². The summed E-state index contributed by atoms with van der Waals surface area (Å²) in [6.07, 6.45) is 0. The molecule has 10 heteroatoms. The average molecular weight is 580 g/mol. The molecule has 0 unspecified atom stereocenters. The van der Waals surface area contributed by atoms with Crippen LogP contribution in [0.2, 0.25) is 0 Å². The lowest BCUT2D eigenvalue weighted by molar-refractivity contribution is -0.127. The number of para-hydroxylation sites is 1. The number of aromatic nitrogens is 3. The number of methoxy groups -OCH3 is 3. The largest absolute Gasteiger partial charge is 0.493 e. The molecule has 1 atom stereocenters. The van der Waals surface area contributed by atoms with Crippen LogP contribution in [-0.4, -0.2) is 48.1 Å². The molecule has 0 fully saturated rings. The van der Waals surface area contributed by atoms with Crippen LogP contribution in [0.1, 0.15) is 22.7 Å². The second kappa shape index (κ2) is 13.1. The van der Waals surface area contributed by atoms with E-state index in [0.717, 1.165) is 11.1 Å². The molecule has 1 heterocycles. The fourth-order valence-electron chi connectivity index (χ4n) is 4.94. The molecule has 0 saturated heterocycles. The number of nitrogens with one attached hydrogen (secondary N) is 1. The minimum Gasteiger partial charge on any atom is -0.493 e. The van der Waals surface area contributed by atoms with E-state index >= 15 is 0 Å². The van der Waals surface area contributed by atoms with Crippen LogP contribution in [-0.2, 0) is 22.7 Å². The van der Waals surface area contributed by atoms with Crippen molar-refractivity contribution in [3.8, 4) is 17.2 Å². The van der Waals surface area contributed by atoms with Crippen molar-refractivity contribution >= 4 is 28.5 Å². The minimum absolute atomic E-state index is 0.152. The zero-order valence-electron chi connectivity index (χ0n) is 24.5. The zero-order valence-corrected chi connectivity index (χ0v) is 24.5. The summed E-state index contributed by atoms with van der Waals surface area (Å²) in [4.78, 5) is 30.0. The fraction of sp³-hybridized carbons (Fsp3) is 0.212. The van der Waals surface area contributed by atoms with Crippen molar-refractivity contribution < 1.29 is 23.8 Å². The summed E-state index contributed by atoms with van der Waals surface area (Å²) in [5.41, 5.74) is 4.31. The van der Waals surface area contributed by atoms with Crippen molar-refractivity contribution in [3.63, 3.8) is 0 Å². The van der Waals surface area contributed by atoms with Gasteiger partial charge in [-0.3, -0.25) is 14.5 Å². The van der Waals surface area contributed by atoms with E-state index < -0.39 is 11.9 Å². The zero-order chi connectivity index (χ0) is 30.3. The molecule has 10 nitrogen and oxygen atoms in total. The van der Waals surface area contributed by atoms with Gasteiger partial charge in [-0.15, -0.1) is 5.10 Å². The standard InChI is InChI=1S/C33H33N5O5/c1-22-14-16-25(17-15-22)38(30(39)21-37-27-13-9-8-12-26(27)35-36-37)31(33(40)34-20-23-10-6-5-7-11-23)24-18-28(41-2)32(43-4)29(19-24)42-3/h5-19,31H,20-21H2,1-4H3,(H,34,40)/t31-/m1/s1. The Hall–Kier alpha value is -5.38. The van der Waals surface area contributed by atoms with Gasteiger partial charge < -0.3 is 19.5 Å². The van der Waals surface area contributed by atoms with Crippen LogP contribution in [0.15, 0.2) is 91.0 Å². The summed E-state index contributed by atoms with van der Waals surface area (Å²) in [6, 6.07) is 26.7. The van der Waals surface area contributed by atoms with Gasteiger partial charge in [0.05, 0.1) is 26.8 Å². The summed E-state index contributed by atoms with van der Waals surface area (Å²) >= 11 is 0. The van der Waals surface area contributed by atoms with Gasteiger partial charge in [0, 0.05) is 12.2 Å². The molecule has 0 aliphatic heterocycles. The van der Waals surface area contributed by atoms with Crippen molar-refractivity contribution in [2.75, 3.05) is 26.2 Å². The summed E-state index contributed by atoms with van der Waals surface area (Å²) in [5.74, 6) is 0.329. The lowest BCUT2D eigenvalue weighted by Gasteiger charge is -2.32. The number of hydrogen-bond acceptors (Lipinski definition) is 7.